The third-order valence-corrected chi connectivity index (χ3v) is 7.19. The first kappa shape index (κ1) is 19.0. The van der Waals surface area contributed by atoms with Crippen molar-refractivity contribution in [3.63, 3.8) is 0 Å². The van der Waals surface area contributed by atoms with Gasteiger partial charge in [-0.2, -0.15) is 0 Å². The fourth-order valence-electron chi connectivity index (χ4n) is 4.51. The van der Waals surface area contributed by atoms with Crippen LogP contribution >= 0.6 is 22.9 Å². The number of hydrogen-bond acceptors (Lipinski definition) is 3. The second-order valence-corrected chi connectivity index (χ2v) is 9.23. The summed E-state index contributed by atoms with van der Waals surface area (Å²) in [6, 6.07) is 8.50. The molecule has 1 aliphatic carbocycles. The highest BCUT2D eigenvalue weighted by Gasteiger charge is 2.32. The van der Waals surface area contributed by atoms with Crippen LogP contribution in [0.15, 0.2) is 24.3 Å². The molecule has 1 amide bonds. The lowest BCUT2D eigenvalue weighted by Gasteiger charge is -2.36. The molecule has 27 heavy (non-hydrogen) atoms. The summed E-state index contributed by atoms with van der Waals surface area (Å²) in [7, 11) is 0. The van der Waals surface area contributed by atoms with Crippen molar-refractivity contribution in [1.82, 2.24) is 4.90 Å². The number of nitrogens with zero attached hydrogens (tertiary/aromatic N) is 1. The molecule has 1 saturated heterocycles. The molecule has 3 nitrogen and oxygen atoms in total. The predicted molar refractivity (Wildman–Crippen MR) is 114 cm³/mol. The largest absolute Gasteiger partial charge is 0.318 e. The Morgan fingerprint density at radius 3 is 2.48 bits per heavy atom. The number of anilines is 1. The first-order valence-corrected chi connectivity index (χ1v) is 11.2. The van der Waals surface area contributed by atoms with Crippen molar-refractivity contribution in [3.8, 4) is 0 Å². The van der Waals surface area contributed by atoms with Crippen molar-refractivity contribution in [2.24, 2.45) is 0 Å². The van der Waals surface area contributed by atoms with Crippen molar-refractivity contribution in [2.45, 2.75) is 57.9 Å². The highest BCUT2D eigenvalue weighted by atomic mass is 35.5. The van der Waals surface area contributed by atoms with Crippen LogP contribution in [0.1, 0.15) is 66.6 Å². The smallest absolute Gasteiger partial charge is 0.221 e. The van der Waals surface area contributed by atoms with E-state index in [-0.39, 0.29) is 11.9 Å². The van der Waals surface area contributed by atoms with Crippen molar-refractivity contribution < 1.29 is 4.79 Å². The van der Waals surface area contributed by atoms with Crippen molar-refractivity contribution in [3.05, 3.63) is 50.9 Å². The molecule has 0 saturated carbocycles. The third-order valence-electron chi connectivity index (χ3n) is 5.72. The molecule has 1 fully saturated rings. The Bertz CT molecular complexity index is 808. The average molecular weight is 403 g/mol. The van der Waals surface area contributed by atoms with E-state index in [0.29, 0.717) is 0 Å². The minimum Gasteiger partial charge on any atom is -0.318 e. The number of fused-ring (bicyclic) bond motifs is 1. The standard InChI is InChI=1S/C22H27ClN2OS/c1-15(26)24-22-20(18-7-3-4-8-19(18)27-22)21(25-13-5-2-6-14-25)16-9-11-17(23)12-10-16/h9-12,21H,2-8,13-14H2,1H3,(H,24,26). The van der Waals surface area contributed by atoms with Crippen molar-refractivity contribution in [1.29, 1.82) is 0 Å². The van der Waals surface area contributed by atoms with Crippen LogP contribution in [0.4, 0.5) is 5.00 Å². The Labute approximate surface area is 170 Å². The summed E-state index contributed by atoms with van der Waals surface area (Å²) < 4.78 is 0. The Morgan fingerprint density at radius 1 is 1.07 bits per heavy atom. The third kappa shape index (κ3) is 4.08. The number of benzene rings is 1. The summed E-state index contributed by atoms with van der Waals surface area (Å²) in [6.45, 7) is 3.83. The first-order chi connectivity index (χ1) is 13.1. The fraction of sp³-hybridized carbons (Fsp3) is 0.500. The molecule has 0 radical (unpaired) electrons. The summed E-state index contributed by atoms with van der Waals surface area (Å²) in [6.07, 6.45) is 8.55. The van der Waals surface area contributed by atoms with Crippen molar-refractivity contribution in [2.75, 3.05) is 18.4 Å². The number of piperidine rings is 1. The lowest BCUT2D eigenvalue weighted by atomic mass is 9.88. The zero-order valence-corrected chi connectivity index (χ0v) is 17.5. The monoisotopic (exact) mass is 402 g/mol. The number of halogens is 1. The van der Waals surface area contributed by atoms with Gasteiger partial charge in [0.2, 0.25) is 5.91 Å². The lowest BCUT2D eigenvalue weighted by Crippen LogP contribution is -2.35. The van der Waals surface area contributed by atoms with Crippen LogP contribution in [0.2, 0.25) is 5.02 Å². The molecule has 1 atom stereocenters. The molecular weight excluding hydrogens is 376 g/mol. The summed E-state index contributed by atoms with van der Waals surface area (Å²) in [5.74, 6) is 0.0170. The van der Waals surface area contributed by atoms with E-state index < -0.39 is 0 Å². The Hall–Kier alpha value is -1.36. The number of likely N-dealkylation sites (tertiary alicyclic amines) is 1. The number of carbonyl (C=O) groups is 1. The molecule has 1 N–H and O–H groups in total. The van der Waals surface area contributed by atoms with Crippen LogP contribution in [0.25, 0.3) is 0 Å². The number of hydrogen-bond donors (Lipinski definition) is 1. The minimum atomic E-state index is 0.0170. The molecule has 5 heteroatoms. The van der Waals surface area contributed by atoms with Gasteiger partial charge < -0.3 is 5.32 Å². The normalized spacial score (nSPS) is 18.7. The molecule has 2 aliphatic rings. The lowest BCUT2D eigenvalue weighted by molar-refractivity contribution is -0.114. The maximum atomic E-state index is 11.9. The van der Waals surface area contributed by atoms with E-state index in [4.69, 9.17) is 11.6 Å². The molecule has 1 unspecified atom stereocenters. The van der Waals surface area contributed by atoms with E-state index >= 15 is 0 Å². The van der Waals surface area contributed by atoms with Crippen LogP contribution in [0.3, 0.4) is 0 Å². The topological polar surface area (TPSA) is 32.3 Å². The van der Waals surface area contributed by atoms with E-state index in [1.54, 1.807) is 18.3 Å². The van der Waals surface area contributed by atoms with Gasteiger partial charge in [-0.1, -0.05) is 30.2 Å². The van der Waals surface area contributed by atoms with E-state index in [1.165, 1.54) is 53.7 Å². The van der Waals surface area contributed by atoms with Gasteiger partial charge in [0.1, 0.15) is 5.00 Å². The van der Waals surface area contributed by atoms with Gasteiger partial charge in [0.25, 0.3) is 0 Å². The number of aryl methyl sites for hydroxylation is 1. The van der Waals surface area contributed by atoms with Crippen LogP contribution in [-0.4, -0.2) is 23.9 Å². The molecule has 1 aromatic carbocycles. The second-order valence-electron chi connectivity index (χ2n) is 7.69. The summed E-state index contributed by atoms with van der Waals surface area (Å²) in [4.78, 5) is 16.0. The second kappa shape index (κ2) is 8.34. The molecule has 0 bridgehead atoms. The summed E-state index contributed by atoms with van der Waals surface area (Å²) >= 11 is 7.97. The van der Waals surface area contributed by atoms with Crippen LogP contribution < -0.4 is 5.32 Å². The summed E-state index contributed by atoms with van der Waals surface area (Å²) in [5, 5.41) is 4.98. The maximum absolute atomic E-state index is 11.9. The molecule has 0 spiro atoms. The maximum Gasteiger partial charge on any atom is 0.221 e. The molecular formula is C22H27ClN2OS. The minimum absolute atomic E-state index is 0.0170. The van der Waals surface area contributed by atoms with Crippen LogP contribution in [-0.2, 0) is 17.6 Å². The first-order valence-electron chi connectivity index (χ1n) is 10.0. The van der Waals surface area contributed by atoms with Gasteiger partial charge in [-0.05, 0) is 74.9 Å². The van der Waals surface area contributed by atoms with Gasteiger partial charge >= 0.3 is 0 Å². The molecule has 2 heterocycles. The molecule has 1 aromatic heterocycles. The quantitative estimate of drug-likeness (QED) is 0.699. The Morgan fingerprint density at radius 2 is 1.78 bits per heavy atom. The molecule has 1 aliphatic heterocycles. The van der Waals surface area contributed by atoms with E-state index in [9.17, 15) is 4.79 Å². The molecule has 144 valence electrons. The number of thiophene rings is 1. The van der Waals surface area contributed by atoms with Gasteiger partial charge in [0.15, 0.2) is 0 Å². The van der Waals surface area contributed by atoms with Crippen LogP contribution in [0, 0.1) is 0 Å². The number of rotatable bonds is 4. The van der Waals surface area contributed by atoms with Gasteiger partial charge in [-0.3, -0.25) is 9.69 Å². The highest BCUT2D eigenvalue weighted by Crippen LogP contribution is 2.46. The highest BCUT2D eigenvalue weighted by molar-refractivity contribution is 7.16. The van der Waals surface area contributed by atoms with Crippen LogP contribution in [0.5, 0.6) is 0 Å². The number of nitrogens with one attached hydrogen (secondary N) is 1. The predicted octanol–water partition coefficient (Wildman–Crippen LogP) is 5.81. The summed E-state index contributed by atoms with van der Waals surface area (Å²) in [5.41, 5.74) is 4.11. The van der Waals surface area contributed by atoms with Gasteiger partial charge in [-0.25, -0.2) is 0 Å². The van der Waals surface area contributed by atoms with Gasteiger partial charge in [0, 0.05) is 22.4 Å². The zero-order chi connectivity index (χ0) is 18.8. The number of carbonyl (C=O) groups excluding carboxylic acids is 1. The Balaban J connectivity index is 1.84. The Kier molecular flexibility index (Phi) is 5.86. The average Bonchev–Trinajstić information content (AvgIpc) is 3.02. The molecule has 2 aromatic rings. The number of amides is 1. The molecule has 4 rings (SSSR count). The van der Waals surface area contributed by atoms with E-state index in [2.05, 4.69) is 22.3 Å². The fourth-order valence-corrected chi connectivity index (χ4v) is 6.01. The van der Waals surface area contributed by atoms with Gasteiger partial charge in [-0.15, -0.1) is 11.3 Å². The SMILES string of the molecule is CC(=O)Nc1sc2c(c1C(c1ccc(Cl)cc1)N1CCCCC1)CCCC2. The van der Waals surface area contributed by atoms with Crippen molar-refractivity contribution >= 4 is 33.8 Å². The zero-order valence-electron chi connectivity index (χ0n) is 15.9. The van der Waals surface area contributed by atoms with E-state index in [1.807, 2.05) is 12.1 Å². The van der Waals surface area contributed by atoms with Gasteiger partial charge in [0.05, 0.1) is 6.04 Å². The van der Waals surface area contributed by atoms with E-state index in [0.717, 1.165) is 36.0 Å².